The minimum absolute atomic E-state index is 0.768. The van der Waals surface area contributed by atoms with E-state index in [0.29, 0.717) is 0 Å². The Hall–Kier alpha value is -0.670. The van der Waals surface area contributed by atoms with E-state index < -0.39 is 0 Å². The van der Waals surface area contributed by atoms with Crippen molar-refractivity contribution in [2.75, 3.05) is 20.0 Å². The van der Waals surface area contributed by atoms with E-state index in [-0.39, 0.29) is 0 Å². The highest BCUT2D eigenvalue weighted by Crippen LogP contribution is 2.23. The predicted molar refractivity (Wildman–Crippen MR) is 67.8 cm³/mol. The Morgan fingerprint density at radius 3 is 2.47 bits per heavy atom. The van der Waals surface area contributed by atoms with Gasteiger partial charge in [0.25, 0.3) is 0 Å². The quantitative estimate of drug-likeness (QED) is 0.625. The minimum atomic E-state index is 0.768. The molecule has 0 aliphatic carbocycles. The third-order valence-corrected chi connectivity index (χ3v) is 3.02. The molecule has 2 nitrogen and oxygen atoms in total. The summed E-state index contributed by atoms with van der Waals surface area (Å²) in [6.07, 6.45) is 0. The first-order valence-electron chi connectivity index (χ1n) is 5.02. The molecule has 0 aliphatic heterocycles. The van der Waals surface area contributed by atoms with E-state index in [2.05, 4.69) is 50.6 Å². The summed E-state index contributed by atoms with van der Waals surface area (Å²) in [5, 5.41) is 0. The average molecular weight is 225 g/mol. The molecule has 15 heavy (non-hydrogen) atoms. The lowest BCUT2D eigenvalue weighted by molar-refractivity contribution is 0.384. The fourth-order valence-corrected chi connectivity index (χ4v) is 1.68. The van der Waals surface area contributed by atoms with Crippen LogP contribution in [0.1, 0.15) is 16.7 Å². The maximum absolute atomic E-state index is 5.28. The van der Waals surface area contributed by atoms with Crippen molar-refractivity contribution in [3.63, 3.8) is 0 Å². The number of hydrogen-bond acceptors (Lipinski definition) is 3. The van der Waals surface area contributed by atoms with E-state index in [9.17, 15) is 0 Å². The first kappa shape index (κ1) is 12.4. The highest BCUT2D eigenvalue weighted by atomic mass is 32.1. The van der Waals surface area contributed by atoms with Gasteiger partial charge in [0.1, 0.15) is 5.75 Å². The topological polar surface area (TPSA) is 12.5 Å². The number of methoxy groups -OCH3 is 1. The van der Waals surface area contributed by atoms with Crippen LogP contribution < -0.4 is 4.74 Å². The summed E-state index contributed by atoms with van der Waals surface area (Å²) in [4.78, 5) is 2.16. The largest absolute Gasteiger partial charge is 0.496 e. The maximum Gasteiger partial charge on any atom is 0.122 e. The van der Waals surface area contributed by atoms with Crippen molar-refractivity contribution in [1.82, 2.24) is 4.90 Å². The van der Waals surface area contributed by atoms with Crippen molar-refractivity contribution in [3.8, 4) is 5.75 Å². The van der Waals surface area contributed by atoms with Gasteiger partial charge < -0.3 is 4.74 Å². The Kier molecular flexibility index (Phi) is 4.48. The van der Waals surface area contributed by atoms with E-state index in [1.165, 1.54) is 16.7 Å². The number of rotatable bonds is 4. The Bertz CT molecular complexity index is 339. The lowest BCUT2D eigenvalue weighted by atomic mass is 10.0. The summed E-state index contributed by atoms with van der Waals surface area (Å²) in [6, 6.07) is 4.28. The van der Waals surface area contributed by atoms with Crippen LogP contribution in [0.5, 0.6) is 5.75 Å². The van der Waals surface area contributed by atoms with Crippen LogP contribution in [0.2, 0.25) is 0 Å². The molecule has 0 N–H and O–H groups in total. The molecule has 0 spiro atoms. The molecule has 0 radical (unpaired) electrons. The molecule has 0 amide bonds. The van der Waals surface area contributed by atoms with Crippen LogP contribution in [-0.2, 0) is 6.54 Å². The standard InChI is InChI=1S/C12H19NOS/c1-9-6-12(14-4)10(2)5-11(9)7-13(3)8-15/h5-6,15H,7-8H2,1-4H3. The summed E-state index contributed by atoms with van der Waals surface area (Å²) in [6.45, 7) is 5.12. The lowest BCUT2D eigenvalue weighted by Gasteiger charge is -2.17. The second-order valence-corrected chi connectivity index (χ2v) is 4.19. The molecule has 0 saturated heterocycles. The summed E-state index contributed by atoms with van der Waals surface area (Å²) in [7, 11) is 3.77. The molecule has 0 unspecified atom stereocenters. The predicted octanol–water partition coefficient (Wildman–Crippen LogP) is 2.63. The van der Waals surface area contributed by atoms with Crippen molar-refractivity contribution >= 4 is 12.6 Å². The Morgan fingerprint density at radius 1 is 1.27 bits per heavy atom. The summed E-state index contributed by atoms with van der Waals surface area (Å²) < 4.78 is 5.28. The zero-order valence-electron chi connectivity index (χ0n) is 9.87. The molecule has 1 aromatic carbocycles. The van der Waals surface area contributed by atoms with Crippen LogP contribution in [0.25, 0.3) is 0 Å². The molecule has 3 heteroatoms. The number of nitrogens with zero attached hydrogens (tertiary/aromatic N) is 1. The van der Waals surface area contributed by atoms with E-state index >= 15 is 0 Å². The van der Waals surface area contributed by atoms with Crippen LogP contribution in [0.4, 0.5) is 0 Å². The van der Waals surface area contributed by atoms with Crippen molar-refractivity contribution in [3.05, 3.63) is 28.8 Å². The summed E-state index contributed by atoms with van der Waals surface area (Å²) in [5.74, 6) is 1.73. The molecule has 0 aromatic heterocycles. The molecule has 1 rings (SSSR count). The summed E-state index contributed by atoms with van der Waals surface area (Å²) >= 11 is 4.25. The molecule has 84 valence electrons. The number of thiol groups is 1. The van der Waals surface area contributed by atoms with Gasteiger partial charge in [0.2, 0.25) is 0 Å². The molecular formula is C12H19NOS. The van der Waals surface area contributed by atoms with Gasteiger partial charge in [-0.2, -0.15) is 12.6 Å². The second-order valence-electron chi connectivity index (χ2n) is 3.90. The van der Waals surface area contributed by atoms with Crippen LogP contribution in [-0.4, -0.2) is 24.9 Å². The molecule has 1 aromatic rings. The van der Waals surface area contributed by atoms with Crippen molar-refractivity contribution in [2.45, 2.75) is 20.4 Å². The van der Waals surface area contributed by atoms with Gasteiger partial charge in [-0.3, -0.25) is 4.90 Å². The van der Waals surface area contributed by atoms with Crippen molar-refractivity contribution < 1.29 is 4.74 Å². The van der Waals surface area contributed by atoms with E-state index in [1.807, 2.05) is 0 Å². The SMILES string of the molecule is COc1cc(C)c(CN(C)CS)cc1C. The van der Waals surface area contributed by atoms with Gasteiger partial charge >= 0.3 is 0 Å². The first-order chi connectivity index (χ1) is 7.08. The van der Waals surface area contributed by atoms with Gasteiger partial charge in [-0.1, -0.05) is 6.07 Å². The second kappa shape index (κ2) is 5.42. The lowest BCUT2D eigenvalue weighted by Crippen LogP contribution is -2.16. The van der Waals surface area contributed by atoms with Crippen molar-refractivity contribution in [1.29, 1.82) is 0 Å². The average Bonchev–Trinajstić information content (AvgIpc) is 2.22. The van der Waals surface area contributed by atoms with Crippen LogP contribution in [0, 0.1) is 13.8 Å². The molecule has 0 fully saturated rings. The monoisotopic (exact) mass is 225 g/mol. The minimum Gasteiger partial charge on any atom is -0.496 e. The molecule has 0 aliphatic rings. The smallest absolute Gasteiger partial charge is 0.122 e. The number of benzene rings is 1. The van der Waals surface area contributed by atoms with E-state index in [1.54, 1.807) is 7.11 Å². The highest BCUT2D eigenvalue weighted by Gasteiger charge is 2.06. The zero-order valence-corrected chi connectivity index (χ0v) is 10.8. The van der Waals surface area contributed by atoms with Gasteiger partial charge in [-0.25, -0.2) is 0 Å². The Balaban J connectivity index is 2.95. The number of hydrogen-bond donors (Lipinski definition) is 1. The third-order valence-electron chi connectivity index (χ3n) is 2.54. The van der Waals surface area contributed by atoms with Crippen LogP contribution >= 0.6 is 12.6 Å². The fraction of sp³-hybridized carbons (Fsp3) is 0.500. The molecular weight excluding hydrogens is 206 g/mol. The third kappa shape index (κ3) is 3.14. The van der Waals surface area contributed by atoms with E-state index in [0.717, 1.165) is 18.2 Å². The van der Waals surface area contributed by atoms with Crippen LogP contribution in [0.3, 0.4) is 0 Å². The number of aryl methyl sites for hydroxylation is 2. The zero-order chi connectivity index (χ0) is 11.4. The summed E-state index contributed by atoms with van der Waals surface area (Å²) in [5.41, 5.74) is 3.79. The molecule has 0 atom stereocenters. The maximum atomic E-state index is 5.28. The highest BCUT2D eigenvalue weighted by molar-refractivity contribution is 7.80. The normalized spacial score (nSPS) is 10.8. The molecule has 0 saturated carbocycles. The number of ether oxygens (including phenoxy) is 1. The van der Waals surface area contributed by atoms with Gasteiger partial charge in [-0.05, 0) is 43.7 Å². The van der Waals surface area contributed by atoms with Gasteiger partial charge in [0.15, 0.2) is 0 Å². The fourth-order valence-electron chi connectivity index (χ4n) is 1.58. The van der Waals surface area contributed by atoms with Crippen LogP contribution in [0.15, 0.2) is 12.1 Å². The van der Waals surface area contributed by atoms with Crippen molar-refractivity contribution in [2.24, 2.45) is 0 Å². The van der Waals surface area contributed by atoms with Gasteiger partial charge in [-0.15, -0.1) is 0 Å². The van der Waals surface area contributed by atoms with Gasteiger partial charge in [0.05, 0.1) is 7.11 Å². The molecule has 0 bridgehead atoms. The Labute approximate surface area is 97.6 Å². The molecule has 0 heterocycles. The first-order valence-corrected chi connectivity index (χ1v) is 5.65. The van der Waals surface area contributed by atoms with E-state index in [4.69, 9.17) is 4.74 Å². The Morgan fingerprint density at radius 2 is 1.93 bits per heavy atom. The van der Waals surface area contributed by atoms with Gasteiger partial charge in [0, 0.05) is 12.4 Å².